The van der Waals surface area contributed by atoms with Crippen molar-refractivity contribution in [1.82, 2.24) is 4.90 Å². The van der Waals surface area contributed by atoms with E-state index < -0.39 is 6.10 Å². The van der Waals surface area contributed by atoms with Crippen LogP contribution in [0, 0.1) is 5.92 Å². The smallest absolute Gasteiger partial charge is 0.228 e. The lowest BCUT2D eigenvalue weighted by Gasteiger charge is -2.36. The number of amides is 1. The summed E-state index contributed by atoms with van der Waals surface area (Å²) in [5, 5.41) is 10.1. The summed E-state index contributed by atoms with van der Waals surface area (Å²) in [5.41, 5.74) is 3.78. The lowest BCUT2D eigenvalue weighted by atomic mass is 9.84. The minimum atomic E-state index is -0.468. The van der Waals surface area contributed by atoms with Gasteiger partial charge in [0.15, 0.2) is 0 Å². The summed E-state index contributed by atoms with van der Waals surface area (Å²) in [6.45, 7) is 1.35. The maximum Gasteiger partial charge on any atom is 0.228 e. The van der Waals surface area contributed by atoms with Crippen LogP contribution in [0.2, 0.25) is 0 Å². The number of fused-ring (bicyclic) bond motifs is 1. The van der Waals surface area contributed by atoms with Crippen LogP contribution in [0.3, 0.4) is 0 Å². The van der Waals surface area contributed by atoms with Crippen LogP contribution in [0.1, 0.15) is 41.9 Å². The molecule has 3 atom stereocenters. The second kappa shape index (κ2) is 6.40. The zero-order valence-electron chi connectivity index (χ0n) is 13.8. The van der Waals surface area contributed by atoms with Crippen molar-refractivity contribution in [2.45, 2.75) is 37.8 Å². The molecule has 0 radical (unpaired) electrons. The number of carbonyl (C=O) groups excluding carboxylic acids is 1. The molecule has 1 amide bonds. The van der Waals surface area contributed by atoms with Crippen molar-refractivity contribution in [2.75, 3.05) is 6.54 Å². The van der Waals surface area contributed by atoms with Crippen LogP contribution in [0.4, 0.5) is 0 Å². The van der Waals surface area contributed by atoms with Crippen LogP contribution in [-0.4, -0.2) is 28.6 Å². The molecule has 1 saturated carbocycles. The molecule has 124 valence electrons. The predicted octanol–water partition coefficient (Wildman–Crippen LogP) is 3.32. The van der Waals surface area contributed by atoms with E-state index in [4.69, 9.17) is 0 Å². The van der Waals surface area contributed by atoms with Crippen molar-refractivity contribution in [3.63, 3.8) is 0 Å². The number of benzene rings is 2. The third kappa shape index (κ3) is 2.73. The van der Waals surface area contributed by atoms with E-state index in [1.165, 1.54) is 16.7 Å². The van der Waals surface area contributed by atoms with Crippen LogP contribution in [0.5, 0.6) is 0 Å². The minimum Gasteiger partial charge on any atom is -0.392 e. The molecule has 0 saturated heterocycles. The van der Waals surface area contributed by atoms with E-state index >= 15 is 0 Å². The standard InChI is InChI=1S/C21H23NO2/c23-20-12-6-11-18(20)21(24)22-13-16-9-4-5-10-17(16)19(14-22)15-7-2-1-3-8-15/h1-5,7-10,18-20,23H,6,11-14H2. The fourth-order valence-corrected chi connectivity index (χ4v) is 4.21. The topological polar surface area (TPSA) is 40.5 Å². The molecule has 0 spiro atoms. The van der Waals surface area contributed by atoms with Gasteiger partial charge in [-0.25, -0.2) is 0 Å². The van der Waals surface area contributed by atoms with Crippen LogP contribution < -0.4 is 0 Å². The second-order valence-corrected chi connectivity index (χ2v) is 6.99. The van der Waals surface area contributed by atoms with E-state index in [1.54, 1.807) is 0 Å². The number of rotatable bonds is 2. The molecule has 1 fully saturated rings. The lowest BCUT2D eigenvalue weighted by molar-refractivity contribution is -0.139. The van der Waals surface area contributed by atoms with Crippen LogP contribution >= 0.6 is 0 Å². The Morgan fingerprint density at radius 2 is 1.75 bits per heavy atom. The van der Waals surface area contributed by atoms with Gasteiger partial charge in [-0.1, -0.05) is 54.6 Å². The molecule has 1 heterocycles. The summed E-state index contributed by atoms with van der Waals surface area (Å²) >= 11 is 0. The Morgan fingerprint density at radius 3 is 2.50 bits per heavy atom. The van der Waals surface area contributed by atoms with E-state index in [1.807, 2.05) is 17.0 Å². The number of aliphatic hydroxyl groups excluding tert-OH is 1. The van der Waals surface area contributed by atoms with Crippen molar-refractivity contribution >= 4 is 5.91 Å². The first-order chi connectivity index (χ1) is 11.7. The highest BCUT2D eigenvalue weighted by molar-refractivity contribution is 5.80. The molecule has 3 heteroatoms. The Morgan fingerprint density at radius 1 is 1.00 bits per heavy atom. The lowest BCUT2D eigenvalue weighted by Crippen LogP contribution is -2.43. The van der Waals surface area contributed by atoms with Gasteiger partial charge in [-0.3, -0.25) is 4.79 Å². The van der Waals surface area contributed by atoms with E-state index in [2.05, 4.69) is 42.5 Å². The molecular formula is C21H23NO2. The van der Waals surface area contributed by atoms with Gasteiger partial charge in [0, 0.05) is 19.0 Å². The Bertz CT molecular complexity index is 728. The highest BCUT2D eigenvalue weighted by Gasteiger charge is 2.37. The van der Waals surface area contributed by atoms with Crippen molar-refractivity contribution in [1.29, 1.82) is 0 Å². The van der Waals surface area contributed by atoms with Gasteiger partial charge < -0.3 is 10.0 Å². The van der Waals surface area contributed by atoms with Gasteiger partial charge in [-0.15, -0.1) is 0 Å². The van der Waals surface area contributed by atoms with Gasteiger partial charge in [0.1, 0.15) is 0 Å². The average Bonchev–Trinajstić information content (AvgIpc) is 3.07. The third-order valence-corrected chi connectivity index (χ3v) is 5.50. The van der Waals surface area contributed by atoms with Gasteiger partial charge >= 0.3 is 0 Å². The second-order valence-electron chi connectivity index (χ2n) is 6.99. The zero-order valence-corrected chi connectivity index (χ0v) is 13.8. The quantitative estimate of drug-likeness (QED) is 0.922. The third-order valence-electron chi connectivity index (χ3n) is 5.50. The highest BCUT2D eigenvalue weighted by Crippen LogP contribution is 2.35. The summed E-state index contributed by atoms with van der Waals surface area (Å²) in [5.74, 6) is 0.112. The maximum absolute atomic E-state index is 13.0. The molecule has 1 N–H and O–H groups in total. The summed E-state index contributed by atoms with van der Waals surface area (Å²) in [6.07, 6.45) is 2.05. The zero-order chi connectivity index (χ0) is 16.5. The van der Waals surface area contributed by atoms with E-state index in [0.29, 0.717) is 13.1 Å². The van der Waals surface area contributed by atoms with Gasteiger partial charge in [-0.05, 0) is 36.0 Å². The van der Waals surface area contributed by atoms with Crippen LogP contribution in [0.15, 0.2) is 54.6 Å². The molecule has 4 rings (SSSR count). The maximum atomic E-state index is 13.0. The number of aliphatic hydroxyl groups is 1. The molecule has 0 bridgehead atoms. The number of hydrogen-bond donors (Lipinski definition) is 1. The van der Waals surface area contributed by atoms with Gasteiger partial charge in [0.25, 0.3) is 0 Å². The van der Waals surface area contributed by atoms with E-state index in [-0.39, 0.29) is 17.7 Å². The summed E-state index contributed by atoms with van der Waals surface area (Å²) in [4.78, 5) is 14.9. The fourth-order valence-electron chi connectivity index (χ4n) is 4.21. The predicted molar refractivity (Wildman–Crippen MR) is 93.5 cm³/mol. The Kier molecular flexibility index (Phi) is 4.11. The molecule has 2 aliphatic rings. The number of hydrogen-bond acceptors (Lipinski definition) is 2. The SMILES string of the molecule is O=C(C1CCCC1O)N1Cc2ccccc2C(c2ccccc2)C1. The first kappa shape index (κ1) is 15.4. The molecule has 1 aliphatic heterocycles. The van der Waals surface area contributed by atoms with Crippen molar-refractivity contribution in [3.05, 3.63) is 71.3 Å². The van der Waals surface area contributed by atoms with Crippen LogP contribution in [-0.2, 0) is 11.3 Å². The highest BCUT2D eigenvalue weighted by atomic mass is 16.3. The Balaban J connectivity index is 1.66. The minimum absolute atomic E-state index is 0.121. The molecule has 2 aromatic carbocycles. The molecule has 2 aromatic rings. The largest absolute Gasteiger partial charge is 0.392 e. The normalized spacial score (nSPS) is 26.2. The van der Waals surface area contributed by atoms with Gasteiger partial charge in [0.05, 0.1) is 12.0 Å². The van der Waals surface area contributed by atoms with Crippen molar-refractivity contribution in [2.24, 2.45) is 5.92 Å². The Hall–Kier alpha value is -2.13. The summed E-state index contributed by atoms with van der Waals surface area (Å²) in [6, 6.07) is 18.8. The van der Waals surface area contributed by atoms with Crippen molar-refractivity contribution in [3.8, 4) is 0 Å². The number of carbonyl (C=O) groups is 1. The first-order valence-corrected chi connectivity index (χ1v) is 8.83. The molecular weight excluding hydrogens is 298 g/mol. The van der Waals surface area contributed by atoms with Crippen LogP contribution in [0.25, 0.3) is 0 Å². The number of nitrogens with zero attached hydrogens (tertiary/aromatic N) is 1. The summed E-state index contributed by atoms with van der Waals surface area (Å²) < 4.78 is 0. The summed E-state index contributed by atoms with van der Waals surface area (Å²) in [7, 11) is 0. The molecule has 0 aromatic heterocycles. The monoisotopic (exact) mass is 321 g/mol. The van der Waals surface area contributed by atoms with Crippen molar-refractivity contribution < 1.29 is 9.90 Å². The molecule has 3 nitrogen and oxygen atoms in total. The molecule has 1 aliphatic carbocycles. The van der Waals surface area contributed by atoms with E-state index in [9.17, 15) is 9.90 Å². The van der Waals surface area contributed by atoms with Gasteiger partial charge in [0.2, 0.25) is 5.91 Å². The molecule has 24 heavy (non-hydrogen) atoms. The fraction of sp³-hybridized carbons (Fsp3) is 0.381. The van der Waals surface area contributed by atoms with E-state index in [0.717, 1.165) is 19.3 Å². The first-order valence-electron chi connectivity index (χ1n) is 8.83. The average molecular weight is 321 g/mol. The molecule has 3 unspecified atom stereocenters. The Labute approximate surface area is 142 Å². The van der Waals surface area contributed by atoms with Gasteiger partial charge in [-0.2, -0.15) is 0 Å².